The molecule has 2 aromatic rings. The summed E-state index contributed by atoms with van der Waals surface area (Å²) in [7, 11) is 0. The number of para-hydroxylation sites is 1. The standard InChI is InChI=1S/C9H6BrN.ClH/c10-8-5-7-3-1-2-4-9(7)11-6-8;/h1-6H;1H. The average Bonchev–Trinajstić information content (AvgIpc) is 2.04. The maximum Gasteiger partial charge on any atom is 0.0702 e. The predicted molar refractivity (Wildman–Crippen MR) is 56.7 cm³/mol. The van der Waals surface area contributed by atoms with Gasteiger partial charge >= 0.3 is 0 Å². The van der Waals surface area contributed by atoms with Crippen LogP contribution in [-0.4, -0.2) is 4.98 Å². The minimum Gasteiger partial charge on any atom is -0.255 e. The molecule has 0 aliphatic carbocycles. The highest BCUT2D eigenvalue weighted by atomic mass is 79.9. The molecule has 0 bridgehead atoms. The van der Waals surface area contributed by atoms with Gasteiger partial charge in [0.05, 0.1) is 5.52 Å². The van der Waals surface area contributed by atoms with Crippen molar-refractivity contribution in [3.8, 4) is 0 Å². The van der Waals surface area contributed by atoms with Gasteiger partial charge in [-0.15, -0.1) is 12.4 Å². The van der Waals surface area contributed by atoms with Crippen LogP contribution < -0.4 is 0 Å². The van der Waals surface area contributed by atoms with Crippen molar-refractivity contribution in [2.75, 3.05) is 0 Å². The number of aromatic nitrogens is 1. The molecular formula is C9H7BrClN. The zero-order chi connectivity index (χ0) is 7.68. The van der Waals surface area contributed by atoms with E-state index in [9.17, 15) is 0 Å². The van der Waals surface area contributed by atoms with Gasteiger partial charge in [-0.3, -0.25) is 4.98 Å². The van der Waals surface area contributed by atoms with Crippen LogP contribution >= 0.6 is 28.3 Å². The molecule has 0 atom stereocenters. The van der Waals surface area contributed by atoms with Crippen molar-refractivity contribution < 1.29 is 0 Å². The first kappa shape index (κ1) is 9.49. The van der Waals surface area contributed by atoms with Crippen LogP contribution in [0.3, 0.4) is 0 Å². The molecule has 0 saturated heterocycles. The SMILES string of the molecule is Brc1cnc2ccccc2c1.Cl. The van der Waals surface area contributed by atoms with Crippen molar-refractivity contribution in [1.29, 1.82) is 0 Å². The van der Waals surface area contributed by atoms with Gasteiger partial charge in [-0.05, 0) is 28.1 Å². The highest BCUT2D eigenvalue weighted by Crippen LogP contribution is 2.15. The van der Waals surface area contributed by atoms with E-state index in [4.69, 9.17) is 0 Å². The summed E-state index contributed by atoms with van der Waals surface area (Å²) >= 11 is 3.37. The third-order valence-corrected chi connectivity index (χ3v) is 1.99. The maximum absolute atomic E-state index is 4.23. The molecular weight excluding hydrogens is 237 g/mol. The van der Waals surface area contributed by atoms with Gasteiger partial charge in [0, 0.05) is 16.1 Å². The van der Waals surface area contributed by atoms with Crippen molar-refractivity contribution in [3.63, 3.8) is 0 Å². The van der Waals surface area contributed by atoms with Crippen molar-refractivity contribution >= 4 is 39.2 Å². The Labute approximate surface area is 85.4 Å². The van der Waals surface area contributed by atoms with E-state index in [-0.39, 0.29) is 12.4 Å². The smallest absolute Gasteiger partial charge is 0.0702 e. The third-order valence-electron chi connectivity index (χ3n) is 1.56. The van der Waals surface area contributed by atoms with Crippen molar-refractivity contribution in [3.05, 3.63) is 41.0 Å². The van der Waals surface area contributed by atoms with Crippen LogP contribution in [0.5, 0.6) is 0 Å². The lowest BCUT2D eigenvalue weighted by Gasteiger charge is -1.94. The van der Waals surface area contributed by atoms with Crippen molar-refractivity contribution in [2.45, 2.75) is 0 Å². The lowest BCUT2D eigenvalue weighted by Crippen LogP contribution is -1.76. The molecule has 0 spiro atoms. The lowest BCUT2D eigenvalue weighted by atomic mass is 10.2. The van der Waals surface area contributed by atoms with Gasteiger partial charge in [-0.25, -0.2) is 0 Å². The molecule has 0 fully saturated rings. The molecule has 0 unspecified atom stereocenters. The number of hydrogen-bond acceptors (Lipinski definition) is 1. The van der Waals surface area contributed by atoms with Gasteiger partial charge in [-0.1, -0.05) is 18.2 Å². The van der Waals surface area contributed by atoms with Crippen LogP contribution in [0.1, 0.15) is 0 Å². The molecule has 0 N–H and O–H groups in total. The minimum atomic E-state index is 0. The highest BCUT2D eigenvalue weighted by molar-refractivity contribution is 9.10. The summed E-state index contributed by atoms with van der Waals surface area (Å²) in [5, 5.41) is 1.17. The Kier molecular flexibility index (Phi) is 3.06. The van der Waals surface area contributed by atoms with Crippen LogP contribution in [-0.2, 0) is 0 Å². The summed E-state index contributed by atoms with van der Waals surface area (Å²) in [5.41, 5.74) is 1.04. The lowest BCUT2D eigenvalue weighted by molar-refractivity contribution is 1.39. The third kappa shape index (κ3) is 1.76. The Hall–Kier alpha value is -0.600. The molecule has 1 aromatic heterocycles. The first-order valence-corrected chi connectivity index (χ1v) is 4.16. The largest absolute Gasteiger partial charge is 0.255 e. The van der Waals surface area contributed by atoms with Gasteiger partial charge in [0.2, 0.25) is 0 Å². The Morgan fingerprint density at radius 2 is 1.92 bits per heavy atom. The molecule has 0 radical (unpaired) electrons. The van der Waals surface area contributed by atoms with E-state index in [1.54, 1.807) is 0 Å². The first-order valence-electron chi connectivity index (χ1n) is 3.36. The van der Waals surface area contributed by atoms with Crippen LogP contribution in [0.2, 0.25) is 0 Å². The van der Waals surface area contributed by atoms with E-state index in [2.05, 4.69) is 27.0 Å². The molecule has 2 rings (SSSR count). The Balaban J connectivity index is 0.000000720. The molecule has 12 heavy (non-hydrogen) atoms. The molecule has 0 saturated carbocycles. The maximum atomic E-state index is 4.23. The molecule has 62 valence electrons. The second-order valence-corrected chi connectivity index (χ2v) is 3.26. The fraction of sp³-hybridized carbons (Fsp3) is 0. The Morgan fingerprint density at radius 3 is 2.75 bits per heavy atom. The number of rotatable bonds is 0. The summed E-state index contributed by atoms with van der Waals surface area (Å²) in [4.78, 5) is 4.23. The minimum absolute atomic E-state index is 0. The molecule has 0 aliphatic heterocycles. The number of benzene rings is 1. The van der Waals surface area contributed by atoms with Crippen LogP contribution in [0, 0.1) is 0 Å². The van der Waals surface area contributed by atoms with E-state index < -0.39 is 0 Å². The number of fused-ring (bicyclic) bond motifs is 1. The fourth-order valence-electron chi connectivity index (χ4n) is 1.04. The molecule has 1 nitrogen and oxygen atoms in total. The number of hydrogen-bond donors (Lipinski definition) is 0. The molecule has 1 aromatic carbocycles. The summed E-state index contributed by atoms with van der Waals surface area (Å²) in [5.74, 6) is 0. The molecule has 1 heterocycles. The average molecular weight is 245 g/mol. The normalized spacial score (nSPS) is 9.42. The molecule has 0 amide bonds. The van der Waals surface area contributed by atoms with Crippen molar-refractivity contribution in [2.24, 2.45) is 0 Å². The van der Waals surface area contributed by atoms with Crippen LogP contribution in [0.15, 0.2) is 41.0 Å². The predicted octanol–water partition coefficient (Wildman–Crippen LogP) is 3.42. The van der Waals surface area contributed by atoms with Crippen LogP contribution in [0.4, 0.5) is 0 Å². The number of nitrogens with zero attached hydrogens (tertiary/aromatic N) is 1. The van der Waals surface area contributed by atoms with Gasteiger partial charge in [0.25, 0.3) is 0 Å². The van der Waals surface area contributed by atoms with Gasteiger partial charge < -0.3 is 0 Å². The van der Waals surface area contributed by atoms with E-state index in [1.165, 1.54) is 5.39 Å². The molecule has 0 aliphatic rings. The summed E-state index contributed by atoms with van der Waals surface area (Å²) in [6.07, 6.45) is 1.81. The van der Waals surface area contributed by atoms with Crippen LogP contribution in [0.25, 0.3) is 10.9 Å². The number of pyridine rings is 1. The van der Waals surface area contributed by atoms with Gasteiger partial charge in [-0.2, -0.15) is 0 Å². The fourth-order valence-corrected chi connectivity index (χ4v) is 1.39. The quantitative estimate of drug-likeness (QED) is 0.692. The van der Waals surface area contributed by atoms with Gasteiger partial charge in [0.15, 0.2) is 0 Å². The summed E-state index contributed by atoms with van der Waals surface area (Å²) in [6.45, 7) is 0. The second kappa shape index (κ2) is 3.87. The summed E-state index contributed by atoms with van der Waals surface area (Å²) in [6, 6.07) is 10.1. The Bertz CT molecular complexity index is 389. The summed E-state index contributed by atoms with van der Waals surface area (Å²) < 4.78 is 1.02. The zero-order valence-corrected chi connectivity index (χ0v) is 8.60. The monoisotopic (exact) mass is 243 g/mol. The second-order valence-electron chi connectivity index (χ2n) is 2.35. The number of halogens is 2. The van der Waals surface area contributed by atoms with E-state index >= 15 is 0 Å². The van der Waals surface area contributed by atoms with E-state index in [0.717, 1.165) is 9.99 Å². The van der Waals surface area contributed by atoms with E-state index in [0.29, 0.717) is 0 Å². The zero-order valence-electron chi connectivity index (χ0n) is 6.20. The van der Waals surface area contributed by atoms with Gasteiger partial charge in [0.1, 0.15) is 0 Å². The Morgan fingerprint density at radius 1 is 1.17 bits per heavy atom. The highest BCUT2D eigenvalue weighted by Gasteiger charge is 1.92. The molecule has 3 heteroatoms. The van der Waals surface area contributed by atoms with Crippen molar-refractivity contribution in [1.82, 2.24) is 4.98 Å². The van der Waals surface area contributed by atoms with E-state index in [1.807, 2.05) is 30.5 Å². The topological polar surface area (TPSA) is 12.9 Å². The first-order chi connectivity index (χ1) is 5.36.